The van der Waals surface area contributed by atoms with Crippen LogP contribution in [0, 0.1) is 10.1 Å². The molecule has 0 aromatic heterocycles. The first kappa shape index (κ1) is 16.1. The smallest absolute Gasteiger partial charge is 0.331 e. The molecule has 0 spiro atoms. The van der Waals surface area contributed by atoms with Crippen LogP contribution in [-0.2, 0) is 9.53 Å². The van der Waals surface area contributed by atoms with Crippen LogP contribution in [0.15, 0.2) is 60.7 Å². The molecule has 0 heterocycles. The van der Waals surface area contributed by atoms with E-state index in [1.54, 1.807) is 6.08 Å². The second-order valence-electron chi connectivity index (χ2n) is 4.58. The summed E-state index contributed by atoms with van der Waals surface area (Å²) in [5.41, 5.74) is 0.764. The summed E-state index contributed by atoms with van der Waals surface area (Å²) in [6, 6.07) is 14.4. The molecule has 6 nitrogen and oxygen atoms in total. The zero-order chi connectivity index (χ0) is 16.7. The zero-order valence-corrected chi connectivity index (χ0v) is 12.0. The number of carbonyl (C=O) groups excluding carboxylic acids is 2. The van der Waals surface area contributed by atoms with Gasteiger partial charge in [0.2, 0.25) is 5.78 Å². The van der Waals surface area contributed by atoms with E-state index in [1.165, 1.54) is 24.3 Å². The number of Topliss-reactive ketones (excluding diaryl/α,β-unsaturated/α-hetero) is 1. The molecular formula is C17H13NO5. The van der Waals surface area contributed by atoms with Crippen LogP contribution in [0.1, 0.15) is 15.9 Å². The molecule has 0 aliphatic rings. The number of hydrogen-bond donors (Lipinski definition) is 0. The van der Waals surface area contributed by atoms with Gasteiger partial charge in [-0.2, -0.15) is 0 Å². The Balaban J connectivity index is 1.91. The van der Waals surface area contributed by atoms with E-state index in [2.05, 4.69) is 0 Å². The van der Waals surface area contributed by atoms with Crippen molar-refractivity contribution in [3.63, 3.8) is 0 Å². The molecule has 116 valence electrons. The van der Waals surface area contributed by atoms with E-state index in [9.17, 15) is 19.7 Å². The minimum absolute atomic E-state index is 0.124. The van der Waals surface area contributed by atoms with Crippen LogP contribution in [0.25, 0.3) is 6.08 Å². The Morgan fingerprint density at radius 3 is 2.52 bits per heavy atom. The first-order chi connectivity index (χ1) is 11.1. The molecule has 23 heavy (non-hydrogen) atoms. The van der Waals surface area contributed by atoms with Crippen molar-refractivity contribution in [2.24, 2.45) is 0 Å². The van der Waals surface area contributed by atoms with Gasteiger partial charge in [0, 0.05) is 23.8 Å². The maximum absolute atomic E-state index is 11.9. The highest BCUT2D eigenvalue weighted by molar-refractivity contribution is 5.99. The summed E-state index contributed by atoms with van der Waals surface area (Å²) in [6.45, 7) is -0.473. The molecule has 0 unspecified atom stereocenters. The highest BCUT2D eigenvalue weighted by Crippen LogP contribution is 2.13. The Labute approximate surface area is 132 Å². The van der Waals surface area contributed by atoms with E-state index < -0.39 is 23.3 Å². The minimum atomic E-state index is -0.660. The maximum Gasteiger partial charge on any atom is 0.331 e. The first-order valence-electron chi connectivity index (χ1n) is 6.74. The molecular weight excluding hydrogens is 298 g/mol. The summed E-state index contributed by atoms with van der Waals surface area (Å²) < 4.78 is 4.84. The number of nitro benzene ring substituents is 1. The van der Waals surface area contributed by atoms with Crippen LogP contribution in [0.3, 0.4) is 0 Å². The fourth-order valence-corrected chi connectivity index (χ4v) is 1.79. The van der Waals surface area contributed by atoms with Gasteiger partial charge in [0.05, 0.1) is 4.92 Å². The standard InChI is InChI=1S/C17H13NO5/c19-16(14-7-4-8-15(11-14)18(21)22)12-23-17(20)10-9-13-5-2-1-3-6-13/h1-11H,12H2/b10-9+. The highest BCUT2D eigenvalue weighted by atomic mass is 16.6. The van der Waals surface area contributed by atoms with Gasteiger partial charge in [0.1, 0.15) is 0 Å². The summed E-state index contributed by atoms with van der Waals surface area (Å²) in [5.74, 6) is -1.16. The van der Waals surface area contributed by atoms with Crippen LogP contribution in [0.2, 0.25) is 0 Å². The number of nitrogens with zero attached hydrogens (tertiary/aromatic N) is 1. The van der Waals surface area contributed by atoms with Crippen LogP contribution in [-0.4, -0.2) is 23.3 Å². The molecule has 0 bridgehead atoms. The van der Waals surface area contributed by atoms with Gasteiger partial charge in [-0.1, -0.05) is 42.5 Å². The predicted octanol–water partition coefficient (Wildman–Crippen LogP) is 3.03. The summed E-state index contributed by atoms with van der Waals surface area (Å²) in [6.07, 6.45) is 2.79. The molecule has 0 atom stereocenters. The van der Waals surface area contributed by atoms with Crippen LogP contribution < -0.4 is 0 Å². The number of rotatable bonds is 6. The third-order valence-electron chi connectivity index (χ3n) is 2.94. The number of carbonyl (C=O) groups is 2. The number of non-ortho nitro benzene ring substituents is 1. The Bertz CT molecular complexity index is 753. The maximum atomic E-state index is 11.9. The topological polar surface area (TPSA) is 86.5 Å². The third-order valence-corrected chi connectivity index (χ3v) is 2.94. The lowest BCUT2D eigenvalue weighted by Gasteiger charge is -2.02. The van der Waals surface area contributed by atoms with Crippen molar-refractivity contribution in [1.82, 2.24) is 0 Å². The van der Waals surface area contributed by atoms with Crippen molar-refractivity contribution in [1.29, 1.82) is 0 Å². The van der Waals surface area contributed by atoms with E-state index >= 15 is 0 Å². The molecule has 0 N–H and O–H groups in total. The quantitative estimate of drug-likeness (QED) is 0.269. The molecule has 2 aromatic carbocycles. The van der Waals surface area contributed by atoms with Gasteiger partial charge in [-0.05, 0) is 11.6 Å². The number of ketones is 1. The number of esters is 1. The monoisotopic (exact) mass is 311 g/mol. The second kappa shape index (κ2) is 7.65. The first-order valence-corrected chi connectivity index (χ1v) is 6.74. The van der Waals surface area contributed by atoms with Crippen molar-refractivity contribution in [3.05, 3.63) is 81.9 Å². The largest absolute Gasteiger partial charge is 0.454 e. The van der Waals surface area contributed by atoms with Gasteiger partial charge < -0.3 is 4.74 Å². The number of nitro groups is 1. The number of benzene rings is 2. The Morgan fingerprint density at radius 2 is 1.83 bits per heavy atom. The van der Waals surface area contributed by atoms with Gasteiger partial charge in [-0.25, -0.2) is 4.79 Å². The lowest BCUT2D eigenvalue weighted by Crippen LogP contribution is -2.12. The van der Waals surface area contributed by atoms with E-state index in [0.29, 0.717) is 0 Å². The molecule has 0 fully saturated rings. The molecule has 0 saturated heterocycles. The van der Waals surface area contributed by atoms with Crippen molar-refractivity contribution >= 4 is 23.5 Å². The van der Waals surface area contributed by atoms with Crippen LogP contribution in [0.5, 0.6) is 0 Å². The Hall–Kier alpha value is -3.28. The molecule has 2 rings (SSSR count). The fraction of sp³-hybridized carbons (Fsp3) is 0.0588. The van der Waals surface area contributed by atoms with Crippen LogP contribution >= 0.6 is 0 Å². The molecule has 0 radical (unpaired) electrons. The second-order valence-corrected chi connectivity index (χ2v) is 4.58. The van der Waals surface area contributed by atoms with Gasteiger partial charge in [-0.3, -0.25) is 14.9 Å². The molecule has 6 heteroatoms. The number of hydrogen-bond acceptors (Lipinski definition) is 5. The van der Waals surface area contributed by atoms with Crippen LogP contribution in [0.4, 0.5) is 5.69 Å². The van der Waals surface area contributed by atoms with Crippen molar-refractivity contribution in [2.75, 3.05) is 6.61 Å². The summed E-state index contributed by atoms with van der Waals surface area (Å²) >= 11 is 0. The molecule has 0 aliphatic carbocycles. The van der Waals surface area contributed by atoms with Crippen molar-refractivity contribution < 1.29 is 19.2 Å². The SMILES string of the molecule is O=C(/C=C/c1ccccc1)OCC(=O)c1cccc([N+](=O)[O-])c1. The van der Waals surface area contributed by atoms with Gasteiger partial charge in [0.25, 0.3) is 5.69 Å². The normalized spacial score (nSPS) is 10.4. The predicted molar refractivity (Wildman–Crippen MR) is 83.9 cm³/mol. The van der Waals surface area contributed by atoms with E-state index in [1.807, 2.05) is 30.3 Å². The Kier molecular flexibility index (Phi) is 5.35. The average Bonchev–Trinajstić information content (AvgIpc) is 2.58. The zero-order valence-electron chi connectivity index (χ0n) is 12.0. The van der Waals surface area contributed by atoms with Gasteiger partial charge in [0.15, 0.2) is 6.61 Å². The Morgan fingerprint density at radius 1 is 1.09 bits per heavy atom. The summed E-state index contributed by atoms with van der Waals surface area (Å²) in [4.78, 5) is 33.5. The highest BCUT2D eigenvalue weighted by Gasteiger charge is 2.12. The molecule has 0 amide bonds. The number of ether oxygens (including phenoxy) is 1. The van der Waals surface area contributed by atoms with Crippen molar-refractivity contribution in [3.8, 4) is 0 Å². The molecule has 2 aromatic rings. The fourth-order valence-electron chi connectivity index (χ4n) is 1.79. The van der Waals surface area contributed by atoms with Gasteiger partial charge in [-0.15, -0.1) is 0 Å². The summed E-state index contributed by atoms with van der Waals surface area (Å²) in [7, 11) is 0. The van der Waals surface area contributed by atoms with E-state index in [0.717, 1.165) is 11.6 Å². The van der Waals surface area contributed by atoms with Crippen molar-refractivity contribution in [2.45, 2.75) is 0 Å². The lowest BCUT2D eigenvalue weighted by atomic mass is 10.1. The average molecular weight is 311 g/mol. The van der Waals surface area contributed by atoms with Gasteiger partial charge >= 0.3 is 5.97 Å². The van der Waals surface area contributed by atoms with E-state index in [-0.39, 0.29) is 11.3 Å². The summed E-state index contributed by atoms with van der Waals surface area (Å²) in [5, 5.41) is 10.7. The molecule has 0 aliphatic heterocycles. The molecule has 0 saturated carbocycles. The third kappa shape index (κ3) is 4.89. The lowest BCUT2D eigenvalue weighted by molar-refractivity contribution is -0.384. The minimum Gasteiger partial charge on any atom is -0.454 e. The van der Waals surface area contributed by atoms with E-state index in [4.69, 9.17) is 4.74 Å².